The van der Waals surface area contributed by atoms with Crippen LogP contribution in [0.2, 0.25) is 0 Å². The van der Waals surface area contributed by atoms with Crippen LogP contribution >= 0.6 is 0 Å². The molecular weight excluding hydrogens is 98.1 g/mol. The van der Waals surface area contributed by atoms with E-state index in [1.165, 1.54) is 5.56 Å². The van der Waals surface area contributed by atoms with Crippen molar-refractivity contribution in [3.63, 3.8) is 0 Å². The van der Waals surface area contributed by atoms with Gasteiger partial charge in [0.25, 0.3) is 0 Å². The summed E-state index contributed by atoms with van der Waals surface area (Å²) in [4.78, 5) is 0. The van der Waals surface area contributed by atoms with Crippen LogP contribution < -0.4 is 5.73 Å². The number of aryl methyl sites for hydroxylation is 1. The summed E-state index contributed by atoms with van der Waals surface area (Å²) in [6, 6.07) is 7.44. The first-order valence-corrected chi connectivity index (χ1v) is 2.57. The third-order valence-corrected chi connectivity index (χ3v) is 1.05. The Kier molecular flexibility index (Phi) is 1.20. The SMILES string of the molecule is Cc1ccc([NH])cc1. The lowest BCUT2D eigenvalue weighted by Gasteiger charge is -1.89. The fraction of sp³-hybridized carbons (Fsp3) is 0.143. The van der Waals surface area contributed by atoms with Gasteiger partial charge in [-0.1, -0.05) is 17.7 Å². The summed E-state index contributed by atoms with van der Waals surface area (Å²) in [6.45, 7) is 2.01. The van der Waals surface area contributed by atoms with Gasteiger partial charge in [-0.25, -0.2) is 0 Å². The molecule has 41 valence electrons. The van der Waals surface area contributed by atoms with Crippen LogP contribution in [0.5, 0.6) is 0 Å². The molecule has 0 heterocycles. The zero-order valence-electron chi connectivity index (χ0n) is 4.81. The van der Waals surface area contributed by atoms with Gasteiger partial charge in [0.1, 0.15) is 0 Å². The highest BCUT2D eigenvalue weighted by Gasteiger charge is 1.81. The molecule has 0 fully saturated rings. The second-order valence-corrected chi connectivity index (χ2v) is 1.87. The Morgan fingerprint density at radius 3 is 2.00 bits per heavy atom. The number of rotatable bonds is 0. The summed E-state index contributed by atoms with van der Waals surface area (Å²) >= 11 is 0. The van der Waals surface area contributed by atoms with E-state index in [0.717, 1.165) is 0 Å². The lowest BCUT2D eigenvalue weighted by molar-refractivity contribution is 1.42. The third kappa shape index (κ3) is 0.997. The van der Waals surface area contributed by atoms with Crippen LogP contribution in [0.1, 0.15) is 5.56 Å². The second kappa shape index (κ2) is 1.86. The maximum atomic E-state index is 7.09. The normalized spacial score (nSPS) is 9.12. The van der Waals surface area contributed by atoms with Crippen molar-refractivity contribution in [1.29, 1.82) is 0 Å². The largest absolute Gasteiger partial charge is 0.301 e. The summed E-state index contributed by atoms with van der Waals surface area (Å²) < 4.78 is 0. The fourth-order valence-electron chi connectivity index (χ4n) is 0.554. The average Bonchev–Trinajstić information content (AvgIpc) is 1.77. The molecule has 1 nitrogen and oxygen atoms in total. The molecule has 1 N–H and O–H groups in total. The molecule has 1 radical (unpaired) electrons. The molecule has 0 aromatic heterocycles. The van der Waals surface area contributed by atoms with Gasteiger partial charge in [0.2, 0.25) is 0 Å². The molecule has 0 amide bonds. The smallest absolute Gasteiger partial charge is 0.0540 e. The molecule has 0 aliphatic heterocycles. The van der Waals surface area contributed by atoms with Crippen molar-refractivity contribution >= 4 is 5.69 Å². The van der Waals surface area contributed by atoms with Crippen molar-refractivity contribution in [2.75, 3.05) is 0 Å². The standard InChI is InChI=1S/C7H8N/c1-6-2-4-7(8)5-3-6/h2-5,8H,1H3. The molecule has 1 heteroatoms. The highest BCUT2D eigenvalue weighted by Crippen LogP contribution is 2.04. The Hall–Kier alpha value is -0.980. The maximum absolute atomic E-state index is 7.09. The number of benzene rings is 1. The first-order valence-electron chi connectivity index (χ1n) is 2.57. The van der Waals surface area contributed by atoms with Gasteiger partial charge >= 0.3 is 0 Å². The minimum atomic E-state index is 0.579. The number of nitrogens with one attached hydrogen (secondary N) is 1. The Morgan fingerprint density at radius 1 is 1.12 bits per heavy atom. The van der Waals surface area contributed by atoms with Gasteiger partial charge in [-0.05, 0) is 19.1 Å². The molecule has 0 aliphatic carbocycles. The highest BCUT2D eigenvalue weighted by molar-refractivity contribution is 5.35. The van der Waals surface area contributed by atoms with E-state index in [2.05, 4.69) is 0 Å². The van der Waals surface area contributed by atoms with Gasteiger partial charge in [-0.3, -0.25) is 0 Å². The summed E-state index contributed by atoms with van der Waals surface area (Å²) in [5, 5.41) is 0. The van der Waals surface area contributed by atoms with Crippen LogP contribution in [0.4, 0.5) is 5.69 Å². The van der Waals surface area contributed by atoms with Gasteiger partial charge < -0.3 is 5.73 Å². The monoisotopic (exact) mass is 106 g/mol. The second-order valence-electron chi connectivity index (χ2n) is 1.87. The highest BCUT2D eigenvalue weighted by atomic mass is 14.5. The van der Waals surface area contributed by atoms with E-state index in [4.69, 9.17) is 5.73 Å². The molecular formula is C7H8N. The van der Waals surface area contributed by atoms with Crippen molar-refractivity contribution in [2.45, 2.75) is 6.92 Å². The average molecular weight is 106 g/mol. The molecule has 0 saturated carbocycles. The number of hydrogen-bond donors (Lipinski definition) is 0. The van der Waals surface area contributed by atoms with Crippen LogP contribution in [-0.4, -0.2) is 0 Å². The van der Waals surface area contributed by atoms with E-state index in [1.807, 2.05) is 19.1 Å². The maximum Gasteiger partial charge on any atom is 0.0540 e. The van der Waals surface area contributed by atoms with Crippen molar-refractivity contribution < 1.29 is 0 Å². The van der Waals surface area contributed by atoms with Crippen molar-refractivity contribution in [3.05, 3.63) is 29.8 Å². The van der Waals surface area contributed by atoms with Crippen molar-refractivity contribution in [1.82, 2.24) is 5.73 Å². The molecule has 0 bridgehead atoms. The Balaban J connectivity index is 3.03. The van der Waals surface area contributed by atoms with Gasteiger partial charge in [-0.15, -0.1) is 0 Å². The van der Waals surface area contributed by atoms with Crippen molar-refractivity contribution in [2.24, 2.45) is 0 Å². The molecule has 1 aromatic carbocycles. The molecule has 0 aliphatic rings. The van der Waals surface area contributed by atoms with E-state index < -0.39 is 0 Å². The number of hydrogen-bond acceptors (Lipinski definition) is 0. The predicted molar refractivity (Wildman–Crippen MR) is 33.9 cm³/mol. The van der Waals surface area contributed by atoms with Gasteiger partial charge in [0.05, 0.1) is 5.69 Å². The van der Waals surface area contributed by atoms with E-state index >= 15 is 0 Å². The van der Waals surface area contributed by atoms with E-state index in [0.29, 0.717) is 5.69 Å². The van der Waals surface area contributed by atoms with Gasteiger partial charge in [0.15, 0.2) is 0 Å². The predicted octanol–water partition coefficient (Wildman–Crippen LogP) is 1.91. The summed E-state index contributed by atoms with van der Waals surface area (Å²) in [5.74, 6) is 0. The molecule has 0 atom stereocenters. The molecule has 1 aromatic rings. The molecule has 1 rings (SSSR count). The van der Waals surface area contributed by atoms with Crippen LogP contribution in [0.3, 0.4) is 0 Å². The quantitative estimate of drug-likeness (QED) is 0.482. The van der Waals surface area contributed by atoms with Gasteiger partial charge in [0, 0.05) is 0 Å². The summed E-state index contributed by atoms with van der Waals surface area (Å²) in [5.41, 5.74) is 8.88. The first-order chi connectivity index (χ1) is 3.79. The Morgan fingerprint density at radius 2 is 1.62 bits per heavy atom. The zero-order chi connectivity index (χ0) is 5.98. The molecule has 0 saturated heterocycles. The molecule has 0 unspecified atom stereocenters. The third-order valence-electron chi connectivity index (χ3n) is 1.05. The fourth-order valence-corrected chi connectivity index (χ4v) is 0.554. The van der Waals surface area contributed by atoms with Crippen molar-refractivity contribution in [3.8, 4) is 0 Å². The lowest BCUT2D eigenvalue weighted by Crippen LogP contribution is -1.69. The Labute approximate surface area is 49.1 Å². The van der Waals surface area contributed by atoms with Crippen LogP contribution in [0.15, 0.2) is 24.3 Å². The molecule has 0 spiro atoms. The zero-order valence-corrected chi connectivity index (χ0v) is 4.81. The minimum absolute atomic E-state index is 0.579. The van der Waals surface area contributed by atoms with Gasteiger partial charge in [-0.2, -0.15) is 0 Å². The summed E-state index contributed by atoms with van der Waals surface area (Å²) in [6.07, 6.45) is 0. The van der Waals surface area contributed by atoms with Crippen LogP contribution in [0.25, 0.3) is 0 Å². The van der Waals surface area contributed by atoms with Crippen LogP contribution in [-0.2, 0) is 0 Å². The topological polar surface area (TPSA) is 23.8 Å². The first kappa shape index (κ1) is 5.16. The minimum Gasteiger partial charge on any atom is -0.301 e. The summed E-state index contributed by atoms with van der Waals surface area (Å²) in [7, 11) is 0. The molecule has 8 heavy (non-hydrogen) atoms. The van der Waals surface area contributed by atoms with E-state index in [-0.39, 0.29) is 0 Å². The Bertz CT molecular complexity index is 143. The van der Waals surface area contributed by atoms with E-state index in [9.17, 15) is 0 Å². The van der Waals surface area contributed by atoms with E-state index in [1.54, 1.807) is 12.1 Å². The lowest BCUT2D eigenvalue weighted by atomic mass is 10.2. The van der Waals surface area contributed by atoms with Crippen LogP contribution in [0, 0.1) is 6.92 Å².